The van der Waals surface area contributed by atoms with E-state index in [1.165, 1.54) is 16.5 Å². The van der Waals surface area contributed by atoms with Crippen LogP contribution >= 0.6 is 0 Å². The fourth-order valence-electron chi connectivity index (χ4n) is 2.10. The van der Waals surface area contributed by atoms with Gasteiger partial charge in [-0.1, -0.05) is 11.6 Å². The summed E-state index contributed by atoms with van der Waals surface area (Å²) in [6, 6.07) is 3.22. The lowest BCUT2D eigenvalue weighted by Crippen LogP contribution is -2.34. The molecule has 0 unspecified atom stereocenters. The molecule has 110 valence electrons. The first kappa shape index (κ1) is 14.7. The Morgan fingerprint density at radius 1 is 1.29 bits per heavy atom. The average molecular weight is 290 g/mol. The summed E-state index contributed by atoms with van der Waals surface area (Å²) in [7, 11) is 0. The highest BCUT2D eigenvalue weighted by molar-refractivity contribution is 5.98. The molecule has 1 N–H and O–H groups in total. The number of hydrogen-bond acceptors (Lipinski definition) is 4. The van der Waals surface area contributed by atoms with Crippen LogP contribution in [0.15, 0.2) is 29.8 Å². The van der Waals surface area contributed by atoms with Crippen LogP contribution in [0.1, 0.15) is 34.1 Å². The van der Waals surface area contributed by atoms with Crippen LogP contribution in [0.3, 0.4) is 0 Å². The largest absolute Gasteiger partial charge is 0.478 e. The number of amides is 1. The van der Waals surface area contributed by atoms with Crippen molar-refractivity contribution in [3.63, 3.8) is 0 Å². The number of aromatic carboxylic acids is 1. The third-order valence-electron chi connectivity index (χ3n) is 3.35. The van der Waals surface area contributed by atoms with Gasteiger partial charge in [0.1, 0.15) is 0 Å². The highest BCUT2D eigenvalue weighted by Gasteiger charge is 2.22. The summed E-state index contributed by atoms with van der Waals surface area (Å²) in [6.07, 6.45) is 2.66. The number of non-ortho nitro benzene ring substituents is 1. The van der Waals surface area contributed by atoms with Gasteiger partial charge in [0.15, 0.2) is 0 Å². The van der Waals surface area contributed by atoms with Crippen molar-refractivity contribution in [2.24, 2.45) is 0 Å². The summed E-state index contributed by atoms with van der Waals surface area (Å²) in [6.45, 7) is 2.92. The molecule has 0 bridgehead atoms. The number of nitro benzene ring substituents is 1. The Labute approximate surface area is 120 Å². The monoisotopic (exact) mass is 290 g/mol. The Bertz CT molecular complexity index is 619. The van der Waals surface area contributed by atoms with E-state index in [0.717, 1.165) is 18.6 Å². The van der Waals surface area contributed by atoms with Crippen LogP contribution in [0, 0.1) is 10.1 Å². The Morgan fingerprint density at radius 3 is 2.48 bits per heavy atom. The zero-order chi connectivity index (χ0) is 15.6. The minimum Gasteiger partial charge on any atom is -0.478 e. The van der Waals surface area contributed by atoms with Crippen LogP contribution in [0.25, 0.3) is 0 Å². The van der Waals surface area contributed by atoms with E-state index in [9.17, 15) is 19.7 Å². The van der Waals surface area contributed by atoms with Gasteiger partial charge in [0, 0.05) is 30.8 Å². The van der Waals surface area contributed by atoms with Crippen LogP contribution in [-0.4, -0.2) is 39.9 Å². The second kappa shape index (κ2) is 5.74. The molecule has 1 heterocycles. The van der Waals surface area contributed by atoms with E-state index in [4.69, 9.17) is 5.11 Å². The van der Waals surface area contributed by atoms with Gasteiger partial charge in [-0.15, -0.1) is 0 Å². The molecule has 0 fully saturated rings. The molecular weight excluding hydrogens is 276 g/mol. The highest BCUT2D eigenvalue weighted by atomic mass is 16.6. The maximum atomic E-state index is 12.3. The summed E-state index contributed by atoms with van der Waals surface area (Å²) in [5, 5.41) is 19.8. The Morgan fingerprint density at radius 2 is 1.95 bits per heavy atom. The van der Waals surface area contributed by atoms with Crippen LogP contribution in [0.2, 0.25) is 0 Å². The quantitative estimate of drug-likeness (QED) is 0.522. The molecule has 0 aromatic heterocycles. The molecule has 0 saturated heterocycles. The molecule has 7 heteroatoms. The van der Waals surface area contributed by atoms with Gasteiger partial charge in [0.25, 0.3) is 11.6 Å². The molecule has 1 aliphatic rings. The minimum atomic E-state index is -1.30. The van der Waals surface area contributed by atoms with Crippen LogP contribution < -0.4 is 0 Å². The smallest absolute Gasteiger partial charge is 0.335 e. The summed E-state index contributed by atoms with van der Waals surface area (Å²) < 4.78 is 0. The topological polar surface area (TPSA) is 101 Å². The predicted molar refractivity (Wildman–Crippen MR) is 74.3 cm³/mol. The van der Waals surface area contributed by atoms with E-state index in [1.807, 2.05) is 13.0 Å². The van der Waals surface area contributed by atoms with Crippen molar-refractivity contribution >= 4 is 17.6 Å². The molecular formula is C14H14N2O5. The SMILES string of the molecule is CC1=CCN(C(=O)c2cc(C(=O)O)cc([N+](=O)[O-])c2)CC1. The van der Waals surface area contributed by atoms with E-state index < -0.39 is 22.5 Å². The van der Waals surface area contributed by atoms with Crippen molar-refractivity contribution in [1.82, 2.24) is 4.90 Å². The van der Waals surface area contributed by atoms with Gasteiger partial charge in [-0.2, -0.15) is 0 Å². The van der Waals surface area contributed by atoms with Crippen molar-refractivity contribution in [2.45, 2.75) is 13.3 Å². The number of rotatable bonds is 3. The van der Waals surface area contributed by atoms with Crippen LogP contribution in [0.4, 0.5) is 5.69 Å². The summed E-state index contributed by atoms with van der Waals surface area (Å²) >= 11 is 0. The van der Waals surface area contributed by atoms with E-state index in [0.29, 0.717) is 13.1 Å². The van der Waals surface area contributed by atoms with Gasteiger partial charge in [-0.05, 0) is 19.4 Å². The number of carbonyl (C=O) groups is 2. The average Bonchev–Trinajstić information content (AvgIpc) is 2.46. The summed E-state index contributed by atoms with van der Waals surface area (Å²) in [5.41, 5.74) is 0.539. The number of nitro groups is 1. The van der Waals surface area contributed by atoms with Gasteiger partial charge in [0.2, 0.25) is 0 Å². The van der Waals surface area contributed by atoms with Crippen LogP contribution in [-0.2, 0) is 0 Å². The lowest BCUT2D eigenvalue weighted by Gasteiger charge is -2.25. The van der Waals surface area contributed by atoms with E-state index in [2.05, 4.69) is 0 Å². The Kier molecular flexibility index (Phi) is 4.02. The molecule has 1 amide bonds. The van der Waals surface area contributed by atoms with Crippen molar-refractivity contribution in [3.8, 4) is 0 Å². The van der Waals surface area contributed by atoms with Gasteiger partial charge < -0.3 is 10.0 Å². The lowest BCUT2D eigenvalue weighted by atomic mass is 10.1. The standard InChI is InChI=1S/C14H14N2O5/c1-9-2-4-15(5-3-9)13(17)10-6-11(14(18)19)8-12(7-10)16(20)21/h2,6-8H,3-5H2,1H3,(H,18,19). The van der Waals surface area contributed by atoms with E-state index >= 15 is 0 Å². The second-order valence-electron chi connectivity index (χ2n) is 4.88. The number of nitrogens with zero attached hydrogens (tertiary/aromatic N) is 2. The third kappa shape index (κ3) is 3.25. The highest BCUT2D eigenvalue weighted by Crippen LogP contribution is 2.20. The molecule has 0 atom stereocenters. The van der Waals surface area contributed by atoms with Gasteiger partial charge in [-0.3, -0.25) is 14.9 Å². The summed E-state index contributed by atoms with van der Waals surface area (Å²) in [5.74, 6) is -1.70. The number of hydrogen-bond donors (Lipinski definition) is 1. The van der Waals surface area contributed by atoms with Crippen LogP contribution in [0.5, 0.6) is 0 Å². The molecule has 1 aromatic carbocycles. The number of carbonyl (C=O) groups excluding carboxylic acids is 1. The zero-order valence-electron chi connectivity index (χ0n) is 11.4. The maximum absolute atomic E-state index is 12.3. The fraction of sp³-hybridized carbons (Fsp3) is 0.286. The number of carboxylic acid groups (broad SMARTS) is 1. The fourth-order valence-corrected chi connectivity index (χ4v) is 2.10. The summed E-state index contributed by atoms with van der Waals surface area (Å²) in [4.78, 5) is 35.0. The van der Waals surface area contributed by atoms with E-state index in [1.54, 1.807) is 0 Å². The van der Waals surface area contributed by atoms with Gasteiger partial charge >= 0.3 is 5.97 Å². The molecule has 1 aliphatic heterocycles. The van der Waals surface area contributed by atoms with Gasteiger partial charge in [0.05, 0.1) is 10.5 Å². The Hall–Kier alpha value is -2.70. The van der Waals surface area contributed by atoms with Gasteiger partial charge in [-0.25, -0.2) is 4.79 Å². The lowest BCUT2D eigenvalue weighted by molar-refractivity contribution is -0.384. The molecule has 2 rings (SSSR count). The first-order valence-electron chi connectivity index (χ1n) is 6.36. The molecule has 0 aliphatic carbocycles. The normalized spacial score (nSPS) is 14.5. The van der Waals surface area contributed by atoms with E-state index in [-0.39, 0.29) is 11.1 Å². The molecule has 21 heavy (non-hydrogen) atoms. The number of benzene rings is 1. The van der Waals surface area contributed by atoms with Crippen molar-refractivity contribution in [2.75, 3.05) is 13.1 Å². The first-order chi connectivity index (χ1) is 9.88. The van der Waals surface area contributed by atoms with Crippen molar-refractivity contribution < 1.29 is 19.6 Å². The molecule has 0 spiro atoms. The number of carboxylic acids is 1. The second-order valence-corrected chi connectivity index (χ2v) is 4.88. The third-order valence-corrected chi connectivity index (χ3v) is 3.35. The Balaban J connectivity index is 2.36. The molecule has 0 saturated carbocycles. The minimum absolute atomic E-state index is 0.0227. The molecule has 7 nitrogen and oxygen atoms in total. The molecule has 0 radical (unpaired) electrons. The molecule has 1 aromatic rings. The predicted octanol–water partition coefficient (Wildman–Crippen LogP) is 2.09. The van der Waals surface area contributed by atoms with Crippen molar-refractivity contribution in [3.05, 3.63) is 51.1 Å². The zero-order valence-corrected chi connectivity index (χ0v) is 11.4. The van der Waals surface area contributed by atoms with Crippen molar-refractivity contribution in [1.29, 1.82) is 0 Å². The maximum Gasteiger partial charge on any atom is 0.335 e. The first-order valence-corrected chi connectivity index (χ1v) is 6.36.